The van der Waals surface area contributed by atoms with Crippen molar-refractivity contribution in [3.05, 3.63) is 0 Å². The molecule has 0 aliphatic rings. The molecule has 0 fully saturated rings. The Kier molecular flexibility index (Phi) is 1.15. The second kappa shape index (κ2) is 3.01. The lowest BCUT2D eigenvalue weighted by Crippen LogP contribution is -2.32. The second-order valence-electron chi connectivity index (χ2n) is 1.14. The average molecular weight is 119 g/mol. The van der Waals surface area contributed by atoms with E-state index in [9.17, 15) is 9.59 Å². The van der Waals surface area contributed by atoms with E-state index in [0.717, 1.165) is 0 Å². The highest BCUT2D eigenvalue weighted by Gasteiger charge is 1.92. The van der Waals surface area contributed by atoms with Gasteiger partial charge in [0.05, 0.1) is 6.54 Å². The minimum absolute atomic E-state index is 0.550. The van der Waals surface area contributed by atoms with E-state index in [1.165, 1.54) is 0 Å². The fourth-order valence-corrected chi connectivity index (χ4v) is 0.167. The zero-order chi connectivity index (χ0) is 9.07. The third-order valence-electron chi connectivity index (χ3n) is 0.423. The molecule has 0 aromatic heterocycles. The molecule has 3 N–H and O–H groups in total. The smallest absolute Gasteiger partial charge is 0.312 e. The topological polar surface area (TPSA) is 72.2 Å². The summed E-state index contributed by atoms with van der Waals surface area (Å²) in [4.78, 5) is 20.5. The van der Waals surface area contributed by atoms with Gasteiger partial charge in [0.1, 0.15) is 5.78 Å². The van der Waals surface area contributed by atoms with Gasteiger partial charge < -0.3 is 11.1 Å². The second-order valence-corrected chi connectivity index (χ2v) is 1.14. The van der Waals surface area contributed by atoms with Crippen LogP contribution in [0.5, 0.6) is 0 Å². The van der Waals surface area contributed by atoms with Gasteiger partial charge in [-0.15, -0.1) is 0 Å². The number of amides is 2. The molecule has 8 heavy (non-hydrogen) atoms. The maximum Gasteiger partial charge on any atom is 0.312 e. The number of primary amides is 1. The van der Waals surface area contributed by atoms with Crippen LogP contribution in [-0.2, 0) is 4.79 Å². The molecule has 2 amide bonds. The molecule has 46 valence electrons. The summed E-state index contributed by atoms with van der Waals surface area (Å²) >= 11 is 0. The van der Waals surface area contributed by atoms with Crippen molar-refractivity contribution in [1.82, 2.24) is 5.32 Å². The first-order chi connectivity index (χ1) is 4.84. The first-order valence-corrected chi connectivity index (χ1v) is 1.90. The summed E-state index contributed by atoms with van der Waals surface area (Å²) in [7, 11) is 0. The Bertz CT molecular complexity index is 177. The predicted molar refractivity (Wildman–Crippen MR) is 28.3 cm³/mol. The highest BCUT2D eigenvalue weighted by Crippen LogP contribution is 1.61. The summed E-state index contributed by atoms with van der Waals surface area (Å²) in [6, 6.07) is -0.914. The van der Waals surface area contributed by atoms with E-state index in [1.54, 1.807) is 0 Å². The molecule has 0 spiro atoms. The van der Waals surface area contributed by atoms with Crippen LogP contribution < -0.4 is 11.1 Å². The number of Topliss-reactive ketones (excluding diaryl/α,β-unsaturated/α-hetero) is 1. The molecule has 0 heterocycles. The summed E-state index contributed by atoms with van der Waals surface area (Å²) in [5.41, 5.74) is 4.60. The summed E-state index contributed by atoms with van der Waals surface area (Å²) in [6.45, 7) is -3.21. The predicted octanol–water partition coefficient (Wildman–Crippen LogP) is -0.756. The zero-order valence-corrected chi connectivity index (χ0v) is 4.10. The van der Waals surface area contributed by atoms with Gasteiger partial charge in [0.15, 0.2) is 0 Å². The maximum atomic E-state index is 10.5. The monoisotopic (exact) mass is 119 g/mol. The lowest BCUT2D eigenvalue weighted by atomic mass is 10.4. The van der Waals surface area contributed by atoms with E-state index in [4.69, 9.17) is 4.11 Å². The third-order valence-corrected chi connectivity index (χ3v) is 0.423. The van der Waals surface area contributed by atoms with E-state index in [0.29, 0.717) is 0 Å². The number of carbonyl (C=O) groups excluding carboxylic acids is 2. The van der Waals surface area contributed by atoms with Crippen LogP contribution in [0.4, 0.5) is 4.79 Å². The first-order valence-electron chi connectivity index (χ1n) is 3.40. The minimum atomic E-state index is -2.66. The Morgan fingerprint density at radius 1 is 1.88 bits per heavy atom. The quantitative estimate of drug-likeness (QED) is 0.501. The van der Waals surface area contributed by atoms with Crippen molar-refractivity contribution in [3.63, 3.8) is 0 Å². The highest BCUT2D eigenvalue weighted by molar-refractivity contribution is 5.82. The number of rotatable bonds is 2. The van der Waals surface area contributed by atoms with Crippen LogP contribution >= 0.6 is 0 Å². The van der Waals surface area contributed by atoms with Crippen LogP contribution in [0.1, 0.15) is 11.0 Å². The number of ketones is 1. The standard InChI is InChI=1S/C4H8N2O2/c1-3(7)2-6-4(5)8/h2H2,1H3,(H3,5,6,8)/i1D3. The zero-order valence-electron chi connectivity index (χ0n) is 7.10. The number of hydrogen-bond donors (Lipinski definition) is 2. The molecular weight excluding hydrogens is 108 g/mol. The van der Waals surface area contributed by atoms with Crippen molar-refractivity contribution in [2.24, 2.45) is 5.73 Å². The van der Waals surface area contributed by atoms with Gasteiger partial charge in [0, 0.05) is 4.11 Å². The Balaban J connectivity index is 3.80. The minimum Gasteiger partial charge on any atom is -0.352 e. The summed E-state index contributed by atoms with van der Waals surface area (Å²) in [6.07, 6.45) is 0. The number of carbonyl (C=O) groups is 2. The van der Waals surface area contributed by atoms with Gasteiger partial charge in [-0.1, -0.05) is 0 Å². The van der Waals surface area contributed by atoms with Crippen molar-refractivity contribution in [1.29, 1.82) is 0 Å². The molecule has 0 aromatic rings. The van der Waals surface area contributed by atoms with Gasteiger partial charge >= 0.3 is 6.03 Å². The van der Waals surface area contributed by atoms with Gasteiger partial charge in [-0.25, -0.2) is 4.79 Å². The summed E-state index contributed by atoms with van der Waals surface area (Å²) in [5.74, 6) is -1.03. The van der Waals surface area contributed by atoms with Crippen molar-refractivity contribution in [2.45, 2.75) is 6.85 Å². The SMILES string of the molecule is [2H]C([2H])([2H])C(=O)CNC(N)=O. The lowest BCUT2D eigenvalue weighted by molar-refractivity contribution is -0.116. The van der Waals surface area contributed by atoms with Crippen LogP contribution in [0.25, 0.3) is 0 Å². The van der Waals surface area contributed by atoms with Gasteiger partial charge in [0.2, 0.25) is 0 Å². The first kappa shape index (κ1) is 3.06. The Hall–Kier alpha value is -1.06. The van der Waals surface area contributed by atoms with Crippen LogP contribution in [0.15, 0.2) is 0 Å². The van der Waals surface area contributed by atoms with Crippen molar-refractivity contribution < 1.29 is 13.7 Å². The molecule has 0 saturated heterocycles. The molecule has 4 nitrogen and oxygen atoms in total. The normalized spacial score (nSPS) is 15.2. The Labute approximate surface area is 51.3 Å². The van der Waals surface area contributed by atoms with E-state index in [2.05, 4.69) is 5.73 Å². The molecule has 0 atom stereocenters. The van der Waals surface area contributed by atoms with Crippen LogP contribution in [-0.4, -0.2) is 18.4 Å². The van der Waals surface area contributed by atoms with Gasteiger partial charge in [0.25, 0.3) is 0 Å². The molecule has 0 unspecified atom stereocenters. The average Bonchev–Trinajstić information content (AvgIpc) is 1.80. The third kappa shape index (κ3) is 4.94. The number of hydrogen-bond acceptors (Lipinski definition) is 2. The van der Waals surface area contributed by atoms with Crippen LogP contribution in [0, 0.1) is 0 Å². The Morgan fingerprint density at radius 3 is 2.88 bits per heavy atom. The fourth-order valence-electron chi connectivity index (χ4n) is 0.167. The number of urea groups is 1. The van der Waals surface area contributed by atoms with Crippen LogP contribution in [0.3, 0.4) is 0 Å². The van der Waals surface area contributed by atoms with E-state index >= 15 is 0 Å². The Morgan fingerprint density at radius 2 is 2.50 bits per heavy atom. The lowest BCUT2D eigenvalue weighted by Gasteiger charge is -1.93. The molecule has 0 bridgehead atoms. The molecule has 0 aromatic carbocycles. The van der Waals surface area contributed by atoms with E-state index in [1.807, 2.05) is 5.32 Å². The molecule has 4 heteroatoms. The van der Waals surface area contributed by atoms with Gasteiger partial charge in [-0.2, -0.15) is 0 Å². The van der Waals surface area contributed by atoms with E-state index in [-0.39, 0.29) is 0 Å². The molecule has 0 rings (SSSR count). The van der Waals surface area contributed by atoms with Crippen molar-refractivity contribution in [2.75, 3.05) is 6.54 Å². The fraction of sp³-hybridized carbons (Fsp3) is 0.500. The summed E-state index contributed by atoms with van der Waals surface area (Å²) in [5, 5.41) is 1.88. The maximum absolute atomic E-state index is 10.5. The largest absolute Gasteiger partial charge is 0.352 e. The molecule has 0 aliphatic carbocycles. The van der Waals surface area contributed by atoms with Crippen molar-refractivity contribution in [3.8, 4) is 0 Å². The van der Waals surface area contributed by atoms with Gasteiger partial charge in [-0.3, -0.25) is 4.79 Å². The summed E-state index contributed by atoms with van der Waals surface area (Å²) < 4.78 is 19.7. The molecular formula is C4H8N2O2. The van der Waals surface area contributed by atoms with Crippen molar-refractivity contribution >= 4 is 11.8 Å². The van der Waals surface area contributed by atoms with Gasteiger partial charge in [-0.05, 0) is 6.85 Å². The molecule has 0 radical (unpaired) electrons. The molecule has 0 saturated carbocycles. The highest BCUT2D eigenvalue weighted by atomic mass is 16.2. The van der Waals surface area contributed by atoms with E-state index < -0.39 is 25.2 Å². The number of nitrogens with one attached hydrogen (secondary N) is 1. The molecule has 0 aliphatic heterocycles. The number of nitrogens with two attached hydrogens (primary N) is 1. The van der Waals surface area contributed by atoms with Crippen LogP contribution in [0.2, 0.25) is 0 Å².